The number of aryl methyl sites for hydroxylation is 1. The maximum Gasteiger partial charge on any atom is 0.227 e. The van der Waals surface area contributed by atoms with Crippen molar-refractivity contribution < 1.29 is 18.7 Å². The summed E-state index contributed by atoms with van der Waals surface area (Å²) >= 11 is 1.21. The lowest BCUT2D eigenvalue weighted by atomic mass is 10.0. The number of halogens is 2. The van der Waals surface area contributed by atoms with Gasteiger partial charge in [0.1, 0.15) is 5.01 Å². The number of hydrogen-bond donors (Lipinski definition) is 1. The van der Waals surface area contributed by atoms with Gasteiger partial charge in [0.25, 0.3) is 0 Å². The second-order valence-electron chi connectivity index (χ2n) is 6.00. The molecule has 0 spiro atoms. The van der Waals surface area contributed by atoms with Crippen LogP contribution >= 0.6 is 11.3 Å². The van der Waals surface area contributed by atoms with Crippen LogP contribution in [0.2, 0.25) is 0 Å². The fraction of sp³-hybridized carbons (Fsp3) is 0.158. The molecule has 0 fully saturated rings. The Morgan fingerprint density at radius 2 is 1.96 bits per heavy atom. The normalized spacial score (nSPS) is 13.8. The number of hydrogen-bond acceptors (Lipinski definition) is 4. The smallest absolute Gasteiger partial charge is 0.227 e. The molecule has 0 atom stereocenters. The third kappa shape index (κ3) is 2.84. The van der Waals surface area contributed by atoms with Crippen LogP contribution in [-0.4, -0.2) is 16.0 Å². The molecule has 0 aliphatic carbocycles. The molecule has 1 N–H and O–H groups in total. The minimum atomic E-state index is -1.04. The molecule has 2 heterocycles. The Bertz CT molecular complexity index is 1000. The highest BCUT2D eigenvalue weighted by molar-refractivity contribution is 7.15. The first-order chi connectivity index (χ1) is 12.5. The van der Waals surface area contributed by atoms with Crippen molar-refractivity contribution in [2.24, 2.45) is 0 Å². The Kier molecular flexibility index (Phi) is 4.16. The number of amides is 1. The monoisotopic (exact) mass is 372 g/mol. The van der Waals surface area contributed by atoms with Crippen molar-refractivity contribution in [1.29, 1.82) is 0 Å². The number of phenols is 1. The van der Waals surface area contributed by atoms with E-state index in [0.29, 0.717) is 18.0 Å². The van der Waals surface area contributed by atoms with Crippen LogP contribution in [0.1, 0.15) is 16.9 Å². The zero-order chi connectivity index (χ0) is 18.3. The molecular formula is C19H14F2N2O2S. The lowest BCUT2D eigenvalue weighted by molar-refractivity contribution is -0.119. The van der Waals surface area contributed by atoms with Crippen molar-refractivity contribution in [2.75, 3.05) is 4.90 Å². The second kappa shape index (κ2) is 6.49. The highest BCUT2D eigenvalue weighted by atomic mass is 32.1. The number of carbonyl (C=O) groups excluding carboxylic acids is 1. The minimum Gasteiger partial charge on any atom is -0.503 e. The Hall–Kier alpha value is -2.80. The van der Waals surface area contributed by atoms with Gasteiger partial charge >= 0.3 is 0 Å². The van der Waals surface area contributed by atoms with Crippen LogP contribution in [0.4, 0.5) is 14.5 Å². The van der Waals surface area contributed by atoms with Gasteiger partial charge in [0, 0.05) is 23.2 Å². The number of para-hydroxylation sites is 1. The Labute approximate surface area is 152 Å². The van der Waals surface area contributed by atoms with Crippen molar-refractivity contribution in [1.82, 2.24) is 4.98 Å². The van der Waals surface area contributed by atoms with Crippen LogP contribution in [0, 0.1) is 11.6 Å². The molecule has 7 heteroatoms. The Balaban J connectivity index is 1.64. The molecule has 0 radical (unpaired) electrons. The number of phenolic OH excluding ortho intramolecular Hbond substituents is 1. The number of thiazole rings is 1. The van der Waals surface area contributed by atoms with E-state index in [1.807, 2.05) is 24.3 Å². The Morgan fingerprint density at radius 1 is 1.15 bits per heavy atom. The molecule has 0 saturated carbocycles. The molecule has 1 aliphatic heterocycles. The molecule has 2 aromatic carbocycles. The molecule has 4 nitrogen and oxygen atoms in total. The van der Waals surface area contributed by atoms with Gasteiger partial charge < -0.3 is 10.0 Å². The van der Waals surface area contributed by atoms with Gasteiger partial charge in [0.05, 0.1) is 12.1 Å². The lowest BCUT2D eigenvalue weighted by Crippen LogP contribution is -2.34. The number of anilines is 1. The molecule has 1 amide bonds. The minimum absolute atomic E-state index is 0.0317. The van der Waals surface area contributed by atoms with E-state index in [1.54, 1.807) is 11.1 Å². The SMILES string of the molecule is O=C1CCc2ccccc2N1Cc1cnc(-c2ccc(F)c(O)c2F)s1. The van der Waals surface area contributed by atoms with E-state index in [2.05, 4.69) is 4.98 Å². The molecule has 132 valence electrons. The van der Waals surface area contributed by atoms with Gasteiger partial charge in [-0.2, -0.15) is 0 Å². The summed E-state index contributed by atoms with van der Waals surface area (Å²) in [5.41, 5.74) is 2.03. The molecule has 0 bridgehead atoms. The van der Waals surface area contributed by atoms with Crippen molar-refractivity contribution in [3.8, 4) is 16.3 Å². The number of fused-ring (bicyclic) bond motifs is 1. The zero-order valence-electron chi connectivity index (χ0n) is 13.6. The van der Waals surface area contributed by atoms with E-state index >= 15 is 0 Å². The number of benzene rings is 2. The first kappa shape index (κ1) is 16.7. The molecule has 1 aromatic heterocycles. The van der Waals surface area contributed by atoms with Crippen molar-refractivity contribution in [3.05, 3.63) is 64.7 Å². The molecule has 3 aromatic rings. The van der Waals surface area contributed by atoms with Crippen LogP contribution in [0.25, 0.3) is 10.6 Å². The summed E-state index contributed by atoms with van der Waals surface area (Å²) < 4.78 is 27.3. The van der Waals surface area contributed by atoms with Gasteiger partial charge in [-0.3, -0.25) is 4.79 Å². The fourth-order valence-electron chi connectivity index (χ4n) is 3.04. The summed E-state index contributed by atoms with van der Waals surface area (Å²) in [6.07, 6.45) is 2.74. The van der Waals surface area contributed by atoms with Crippen LogP contribution < -0.4 is 4.90 Å². The maximum absolute atomic E-state index is 14.1. The van der Waals surface area contributed by atoms with Crippen molar-refractivity contribution in [3.63, 3.8) is 0 Å². The second-order valence-corrected chi connectivity index (χ2v) is 7.11. The summed E-state index contributed by atoms with van der Waals surface area (Å²) in [4.78, 5) is 19.0. The quantitative estimate of drug-likeness (QED) is 0.747. The first-order valence-electron chi connectivity index (χ1n) is 8.05. The van der Waals surface area contributed by atoms with Gasteiger partial charge in [-0.1, -0.05) is 18.2 Å². The highest BCUT2D eigenvalue weighted by Gasteiger charge is 2.25. The van der Waals surface area contributed by atoms with Crippen molar-refractivity contribution in [2.45, 2.75) is 19.4 Å². The summed E-state index contributed by atoms with van der Waals surface area (Å²) in [5, 5.41) is 9.76. The van der Waals surface area contributed by atoms with Crippen molar-refractivity contribution >= 4 is 22.9 Å². The highest BCUT2D eigenvalue weighted by Crippen LogP contribution is 2.35. The van der Waals surface area contributed by atoms with E-state index < -0.39 is 17.4 Å². The molecule has 4 rings (SSSR count). The third-order valence-corrected chi connectivity index (χ3v) is 5.37. The average Bonchev–Trinajstić information content (AvgIpc) is 3.10. The van der Waals surface area contributed by atoms with E-state index in [0.717, 1.165) is 28.6 Å². The van der Waals surface area contributed by atoms with Gasteiger partial charge in [-0.15, -0.1) is 11.3 Å². The van der Waals surface area contributed by atoms with Gasteiger partial charge in [-0.05, 0) is 30.2 Å². The number of aromatic hydroxyl groups is 1. The molecule has 1 aliphatic rings. The lowest BCUT2D eigenvalue weighted by Gasteiger charge is -2.28. The molecule has 0 saturated heterocycles. The first-order valence-corrected chi connectivity index (χ1v) is 8.86. The molecule has 0 unspecified atom stereocenters. The zero-order valence-corrected chi connectivity index (χ0v) is 14.4. The summed E-state index contributed by atoms with van der Waals surface area (Å²) in [6.45, 7) is 0.336. The standard InChI is InChI=1S/C19H14F2N2O2S/c20-14-7-6-13(17(21)18(14)25)19-22-9-12(26-19)10-23-15-4-2-1-3-11(15)5-8-16(23)24/h1-4,6-7,9,25H,5,8,10H2. The van der Waals surface area contributed by atoms with E-state index in [-0.39, 0.29) is 11.5 Å². The van der Waals surface area contributed by atoms with Gasteiger partial charge in [0.2, 0.25) is 5.91 Å². The number of rotatable bonds is 3. The predicted molar refractivity (Wildman–Crippen MR) is 95.1 cm³/mol. The Morgan fingerprint density at radius 3 is 2.81 bits per heavy atom. The van der Waals surface area contributed by atoms with Crippen LogP contribution in [-0.2, 0) is 17.8 Å². The summed E-state index contributed by atoms with van der Waals surface area (Å²) in [5.74, 6) is -3.03. The number of nitrogens with zero attached hydrogens (tertiary/aromatic N) is 2. The molecular weight excluding hydrogens is 358 g/mol. The van der Waals surface area contributed by atoms with E-state index in [9.17, 15) is 18.7 Å². The van der Waals surface area contributed by atoms with Crippen LogP contribution in [0.15, 0.2) is 42.6 Å². The maximum atomic E-state index is 14.1. The fourth-order valence-corrected chi connectivity index (χ4v) is 3.96. The van der Waals surface area contributed by atoms with Crippen LogP contribution in [0.5, 0.6) is 5.75 Å². The van der Waals surface area contributed by atoms with Gasteiger partial charge in [-0.25, -0.2) is 13.8 Å². The topological polar surface area (TPSA) is 53.4 Å². The summed E-state index contributed by atoms with van der Waals surface area (Å²) in [6, 6.07) is 9.99. The average molecular weight is 372 g/mol. The van der Waals surface area contributed by atoms with Gasteiger partial charge in [0.15, 0.2) is 17.4 Å². The van der Waals surface area contributed by atoms with E-state index in [4.69, 9.17) is 0 Å². The predicted octanol–water partition coefficient (Wildman–Crippen LogP) is 4.27. The number of aromatic nitrogens is 1. The summed E-state index contributed by atoms with van der Waals surface area (Å²) in [7, 11) is 0. The van der Waals surface area contributed by atoms with E-state index in [1.165, 1.54) is 17.4 Å². The largest absolute Gasteiger partial charge is 0.503 e. The number of carbonyl (C=O) groups is 1. The third-order valence-electron chi connectivity index (χ3n) is 4.36. The molecule has 26 heavy (non-hydrogen) atoms. The van der Waals surface area contributed by atoms with Crippen LogP contribution in [0.3, 0.4) is 0 Å².